The summed E-state index contributed by atoms with van der Waals surface area (Å²) < 4.78 is 39.7. The lowest BCUT2D eigenvalue weighted by atomic mass is 10.3. The van der Waals surface area contributed by atoms with Crippen LogP contribution in [0.25, 0.3) is 0 Å². The molecule has 0 atom stereocenters. The number of nitrogens with zero attached hydrogens (tertiary/aromatic N) is 2. The Morgan fingerprint density at radius 3 is 2.40 bits per heavy atom. The summed E-state index contributed by atoms with van der Waals surface area (Å²) in [5, 5.41) is 8.78. The van der Waals surface area contributed by atoms with Gasteiger partial charge < -0.3 is 10.0 Å². The van der Waals surface area contributed by atoms with E-state index in [9.17, 15) is 12.8 Å². The summed E-state index contributed by atoms with van der Waals surface area (Å²) in [5.41, 5.74) is 0. The molecule has 0 spiro atoms. The summed E-state index contributed by atoms with van der Waals surface area (Å²) >= 11 is 0. The van der Waals surface area contributed by atoms with Crippen LogP contribution in [0.2, 0.25) is 0 Å². The maximum absolute atomic E-state index is 13.6. The summed E-state index contributed by atoms with van der Waals surface area (Å²) in [6, 6.07) is 5.45. The quantitative estimate of drug-likeness (QED) is 0.861. The van der Waals surface area contributed by atoms with Crippen LogP contribution in [0.15, 0.2) is 29.2 Å². The minimum atomic E-state index is -3.75. The molecule has 20 heavy (non-hydrogen) atoms. The second-order valence-corrected chi connectivity index (χ2v) is 6.66. The molecule has 1 aromatic rings. The number of aliphatic hydroxyl groups is 1. The van der Waals surface area contributed by atoms with E-state index in [0.717, 1.165) is 12.6 Å². The number of piperazine rings is 1. The van der Waals surface area contributed by atoms with Crippen LogP contribution in [-0.4, -0.2) is 62.1 Å². The molecule has 0 aromatic heterocycles. The maximum Gasteiger partial charge on any atom is 0.246 e. The monoisotopic (exact) mass is 302 g/mol. The Hall–Kier alpha value is -1.02. The molecule has 112 valence electrons. The third-order valence-electron chi connectivity index (χ3n) is 3.42. The molecule has 0 bridgehead atoms. The Kier molecular flexibility index (Phi) is 5.09. The topological polar surface area (TPSA) is 60.9 Å². The van der Waals surface area contributed by atoms with Gasteiger partial charge in [0, 0.05) is 39.3 Å². The zero-order valence-corrected chi connectivity index (χ0v) is 12.0. The fourth-order valence-corrected chi connectivity index (χ4v) is 3.77. The highest BCUT2D eigenvalue weighted by Gasteiger charge is 2.30. The van der Waals surface area contributed by atoms with Gasteiger partial charge >= 0.3 is 0 Å². The van der Waals surface area contributed by atoms with E-state index in [2.05, 4.69) is 4.90 Å². The van der Waals surface area contributed by atoms with Crippen molar-refractivity contribution in [3.63, 3.8) is 0 Å². The summed E-state index contributed by atoms with van der Waals surface area (Å²) in [6.45, 7) is 2.80. The van der Waals surface area contributed by atoms with Crippen LogP contribution < -0.4 is 0 Å². The zero-order chi connectivity index (χ0) is 14.6. The van der Waals surface area contributed by atoms with Gasteiger partial charge in [0.1, 0.15) is 10.7 Å². The largest absolute Gasteiger partial charge is 0.396 e. The van der Waals surface area contributed by atoms with Crippen LogP contribution in [-0.2, 0) is 10.0 Å². The number of rotatable bonds is 5. The van der Waals surface area contributed by atoms with Crippen LogP contribution >= 0.6 is 0 Å². The van der Waals surface area contributed by atoms with Crippen LogP contribution in [0, 0.1) is 5.82 Å². The van der Waals surface area contributed by atoms with E-state index in [0.29, 0.717) is 32.6 Å². The highest BCUT2D eigenvalue weighted by Crippen LogP contribution is 2.20. The van der Waals surface area contributed by atoms with Crippen LogP contribution in [0.4, 0.5) is 4.39 Å². The molecular weight excluding hydrogens is 283 g/mol. The first-order chi connectivity index (χ1) is 9.55. The minimum absolute atomic E-state index is 0.133. The molecule has 5 nitrogen and oxygen atoms in total. The van der Waals surface area contributed by atoms with Gasteiger partial charge in [-0.15, -0.1) is 0 Å². The van der Waals surface area contributed by atoms with Crippen molar-refractivity contribution in [2.75, 3.05) is 39.3 Å². The molecule has 0 aliphatic carbocycles. The van der Waals surface area contributed by atoms with Crippen molar-refractivity contribution < 1.29 is 17.9 Å². The molecule has 1 fully saturated rings. The Bertz CT molecular complexity index is 542. The molecule has 1 saturated heterocycles. The minimum Gasteiger partial charge on any atom is -0.396 e. The lowest BCUT2D eigenvalue weighted by molar-refractivity contribution is 0.171. The van der Waals surface area contributed by atoms with Gasteiger partial charge in [-0.1, -0.05) is 12.1 Å². The fraction of sp³-hybridized carbons (Fsp3) is 0.538. The van der Waals surface area contributed by atoms with E-state index in [1.807, 2.05) is 0 Å². The standard InChI is InChI=1S/C13H19FN2O3S/c14-12-4-1-2-5-13(12)20(18,19)16-9-7-15(8-10-16)6-3-11-17/h1-2,4-5,17H,3,6-11H2. The zero-order valence-electron chi connectivity index (χ0n) is 11.2. The number of halogens is 1. The summed E-state index contributed by atoms with van der Waals surface area (Å²) in [7, 11) is -3.75. The van der Waals surface area contributed by atoms with Gasteiger partial charge in [0.25, 0.3) is 0 Å². The second-order valence-electron chi connectivity index (χ2n) is 4.75. The highest BCUT2D eigenvalue weighted by molar-refractivity contribution is 7.89. The molecule has 1 N–H and O–H groups in total. The van der Waals surface area contributed by atoms with Crippen molar-refractivity contribution in [1.82, 2.24) is 9.21 Å². The molecule has 1 aromatic carbocycles. The maximum atomic E-state index is 13.6. The van der Waals surface area contributed by atoms with E-state index in [1.54, 1.807) is 0 Å². The summed E-state index contributed by atoms with van der Waals surface area (Å²) in [5.74, 6) is -0.713. The molecule has 7 heteroatoms. The van der Waals surface area contributed by atoms with E-state index in [4.69, 9.17) is 5.11 Å². The average Bonchev–Trinajstić information content (AvgIpc) is 2.46. The van der Waals surface area contributed by atoms with Crippen molar-refractivity contribution in [3.05, 3.63) is 30.1 Å². The molecule has 0 radical (unpaired) electrons. The summed E-state index contributed by atoms with van der Waals surface area (Å²) in [6.07, 6.45) is 0.681. The number of aliphatic hydroxyl groups excluding tert-OH is 1. The molecule has 0 unspecified atom stereocenters. The molecule has 1 aliphatic heterocycles. The molecule has 1 aliphatic rings. The van der Waals surface area contributed by atoms with Crippen molar-refractivity contribution in [2.45, 2.75) is 11.3 Å². The van der Waals surface area contributed by atoms with Gasteiger partial charge in [-0.05, 0) is 18.6 Å². The van der Waals surface area contributed by atoms with Gasteiger partial charge in [0.2, 0.25) is 10.0 Å². The van der Waals surface area contributed by atoms with Crippen molar-refractivity contribution in [3.8, 4) is 0 Å². The molecular formula is C13H19FN2O3S. The predicted molar refractivity (Wildman–Crippen MR) is 73.3 cm³/mol. The van der Waals surface area contributed by atoms with E-state index >= 15 is 0 Å². The van der Waals surface area contributed by atoms with Gasteiger partial charge in [-0.25, -0.2) is 12.8 Å². The third-order valence-corrected chi connectivity index (χ3v) is 5.35. The lowest BCUT2D eigenvalue weighted by Gasteiger charge is -2.33. The third kappa shape index (κ3) is 3.35. The number of benzene rings is 1. The van der Waals surface area contributed by atoms with Crippen molar-refractivity contribution in [1.29, 1.82) is 0 Å². The van der Waals surface area contributed by atoms with Crippen LogP contribution in [0.3, 0.4) is 0 Å². The number of sulfonamides is 1. The van der Waals surface area contributed by atoms with Crippen LogP contribution in [0.5, 0.6) is 0 Å². The smallest absolute Gasteiger partial charge is 0.246 e. The molecule has 0 amide bonds. The van der Waals surface area contributed by atoms with E-state index in [-0.39, 0.29) is 11.5 Å². The number of hydrogen-bond acceptors (Lipinski definition) is 4. The SMILES string of the molecule is O=S(=O)(c1ccccc1F)N1CCN(CCCO)CC1. The highest BCUT2D eigenvalue weighted by atomic mass is 32.2. The van der Waals surface area contributed by atoms with Crippen molar-refractivity contribution in [2.24, 2.45) is 0 Å². The Morgan fingerprint density at radius 2 is 1.80 bits per heavy atom. The Labute approximate surface area is 118 Å². The first-order valence-corrected chi connectivity index (χ1v) is 8.07. The van der Waals surface area contributed by atoms with Gasteiger partial charge in [-0.3, -0.25) is 0 Å². The van der Waals surface area contributed by atoms with E-state index < -0.39 is 15.8 Å². The first-order valence-electron chi connectivity index (χ1n) is 6.63. The fourth-order valence-electron chi connectivity index (χ4n) is 2.28. The first kappa shape index (κ1) is 15.4. The summed E-state index contributed by atoms with van der Waals surface area (Å²) in [4.78, 5) is 1.84. The van der Waals surface area contributed by atoms with Gasteiger partial charge in [0.15, 0.2) is 0 Å². The molecule has 1 heterocycles. The van der Waals surface area contributed by atoms with Crippen LogP contribution in [0.1, 0.15) is 6.42 Å². The lowest BCUT2D eigenvalue weighted by Crippen LogP contribution is -2.48. The predicted octanol–water partition coefficient (Wildman–Crippen LogP) is 0.514. The molecule has 0 saturated carbocycles. The molecule has 2 rings (SSSR count). The van der Waals surface area contributed by atoms with Gasteiger partial charge in [0.05, 0.1) is 0 Å². The van der Waals surface area contributed by atoms with Crippen molar-refractivity contribution >= 4 is 10.0 Å². The second kappa shape index (κ2) is 6.62. The Balaban J connectivity index is 2.04. The average molecular weight is 302 g/mol. The number of hydrogen-bond donors (Lipinski definition) is 1. The normalized spacial score (nSPS) is 18.3. The van der Waals surface area contributed by atoms with Gasteiger partial charge in [-0.2, -0.15) is 4.31 Å². The van der Waals surface area contributed by atoms with E-state index in [1.165, 1.54) is 22.5 Å². The Morgan fingerprint density at radius 1 is 1.15 bits per heavy atom.